The van der Waals surface area contributed by atoms with Crippen LogP contribution in [0.2, 0.25) is 0 Å². The minimum atomic E-state index is -2.62. The van der Waals surface area contributed by atoms with Gasteiger partial charge in [-0.15, -0.1) is 0 Å². The number of benzene rings is 17. The van der Waals surface area contributed by atoms with E-state index < -0.39 is 8.07 Å². The topological polar surface area (TPSA) is 56.1 Å². The molecule has 0 amide bonds. The second-order valence-electron chi connectivity index (χ2n) is 27.6. The van der Waals surface area contributed by atoms with Gasteiger partial charge in [-0.25, -0.2) is 13.2 Å². The number of nitrogens with one attached hydrogen (secondary N) is 1. The molecule has 3 N–H and O–H groups in total. The Morgan fingerprint density at radius 3 is 0.991 bits per heavy atom. The van der Waals surface area contributed by atoms with E-state index in [1.165, 1.54) is 122 Å². The zero-order valence-electron chi connectivity index (χ0n) is 61.4. The highest BCUT2D eigenvalue weighted by Gasteiger charge is 2.41. The van der Waals surface area contributed by atoms with E-state index in [2.05, 4.69) is 392 Å². The molecule has 20 rings (SSSR count). The molecule has 0 spiro atoms. The number of rotatable bonds is 13. The van der Waals surface area contributed by atoms with Crippen LogP contribution < -0.4 is 36.7 Å². The van der Waals surface area contributed by atoms with Crippen LogP contribution in [-0.4, -0.2) is 21.8 Å². The van der Waals surface area contributed by atoms with E-state index in [9.17, 15) is 13.2 Å². The van der Waals surface area contributed by atoms with Gasteiger partial charge in [-0.05, 0) is 249 Å². The third kappa shape index (κ3) is 14.8. The molecular weight excluding hydrogens is 1520 g/mol. The van der Waals surface area contributed by atoms with Crippen molar-refractivity contribution in [2.75, 3.05) is 16.0 Å². The molecule has 0 saturated carbocycles. The molecule has 20 aromatic rings. The summed E-state index contributed by atoms with van der Waals surface area (Å²) in [5.41, 5.74) is 23.4. The molecule has 113 heavy (non-hydrogen) atoms. The van der Waals surface area contributed by atoms with E-state index in [1.54, 1.807) is 12.1 Å². The molecule has 0 aliphatic carbocycles. The Labute approximate surface area is 670 Å². The monoisotopic (exact) mass is 1600 g/mol. The van der Waals surface area contributed by atoms with E-state index in [1.807, 2.05) is 24.3 Å². The molecule has 6 nitrogen and oxygen atoms in total. The van der Waals surface area contributed by atoms with Gasteiger partial charge < -0.3 is 29.7 Å². The van der Waals surface area contributed by atoms with Gasteiger partial charge in [-0.2, -0.15) is 0 Å². The molecule has 0 radical (unpaired) electrons. The zero-order valence-corrected chi connectivity index (χ0v) is 64.5. The number of anilines is 6. The van der Waals surface area contributed by atoms with Gasteiger partial charge in [0.15, 0.2) is 8.07 Å². The predicted octanol–water partition coefficient (Wildman–Crippen LogP) is 25.1. The highest BCUT2D eigenvalue weighted by atomic mass is 127. The summed E-state index contributed by atoms with van der Waals surface area (Å²) in [5, 5.41) is 16.1. The molecule has 3 aromatic heterocycles. The zero-order chi connectivity index (χ0) is 76.6. The summed E-state index contributed by atoms with van der Waals surface area (Å²) in [6, 6.07) is 147. The summed E-state index contributed by atoms with van der Waals surface area (Å²) < 4.78 is 47.7. The number of hydrogen-bond donors (Lipinski definition) is 2. The molecule has 3 heterocycles. The molecule has 17 aromatic carbocycles. The lowest BCUT2D eigenvalue weighted by Crippen LogP contribution is -2.74. The van der Waals surface area contributed by atoms with Crippen LogP contribution in [0.15, 0.2) is 431 Å². The van der Waals surface area contributed by atoms with Gasteiger partial charge in [-0.1, -0.05) is 237 Å². The van der Waals surface area contributed by atoms with Crippen molar-refractivity contribution in [1.82, 2.24) is 13.7 Å². The summed E-state index contributed by atoms with van der Waals surface area (Å²) in [5.74, 6) is -0.746. The van der Waals surface area contributed by atoms with Crippen molar-refractivity contribution in [3.8, 4) is 28.2 Å². The van der Waals surface area contributed by atoms with Crippen LogP contribution in [0, 0.1) is 21.0 Å². The van der Waals surface area contributed by atoms with Crippen LogP contribution in [0.3, 0.4) is 0 Å². The third-order valence-electron chi connectivity index (χ3n) is 20.7. The van der Waals surface area contributed by atoms with Gasteiger partial charge in [-0.3, -0.25) is 0 Å². The highest BCUT2D eigenvalue weighted by Crippen LogP contribution is 2.42. The highest BCUT2D eigenvalue weighted by molar-refractivity contribution is 14.1. The minimum absolute atomic E-state index is 0. The second kappa shape index (κ2) is 32.5. The number of nitrogens with two attached hydrogens (primary N) is 1. The lowest BCUT2D eigenvalue weighted by molar-refractivity contribution is 0.627. The number of aromatic nitrogens is 3. The first-order valence-electron chi connectivity index (χ1n) is 37.5. The Balaban J connectivity index is 0.000000142. The first-order valence-corrected chi connectivity index (χ1v) is 40.6. The number of fused-ring (bicyclic) bond motifs is 9. The standard InChI is InChI=1S/C54H39FN2Si.C24H17FN2.C18H12IN.C6H6FN.H2/c55-42-29-33-45(34-30-42)56(46-35-38-54-52(39-46)51-23-13-14-24-53(51)57(54)43-15-5-1-6-16-43)44-31-25-40(26-32-44)41-27-36-50(37-28-41)58(47-17-7-2-8-18-47,48-19-9-3-10-20-48)49-21-11-4-12-22-49;25-17-10-12-18(13-11-17)26-19-14-15-24-22(16-19)21-8-4-5-9-23(21)27(24)20-6-2-1-3-7-20;19-13-10-11-18-16(12-13)15-8-4-5-9-17(15)20(18)14-6-2-1-3-7-14;7-5-1-3-6(8)4-2-5;/h1-39H;1-16,26H;1-12H;1-4H,8H2;1H/i;;;;1+1. The fourth-order valence-corrected chi connectivity index (χ4v) is 20.9. The van der Waals surface area contributed by atoms with Gasteiger partial charge in [0.1, 0.15) is 17.5 Å². The fourth-order valence-electron chi connectivity index (χ4n) is 15.6. The van der Waals surface area contributed by atoms with Gasteiger partial charge in [0.2, 0.25) is 0 Å². The fraction of sp³-hybridized carbons (Fsp3) is 0. The van der Waals surface area contributed by atoms with Gasteiger partial charge in [0, 0.05) is 88.5 Å². The minimum Gasteiger partial charge on any atom is -0.399 e. The van der Waals surface area contributed by atoms with E-state index in [-0.39, 0.29) is 18.9 Å². The molecule has 0 atom stereocenters. The smallest absolute Gasteiger partial charge is 0.179 e. The maximum Gasteiger partial charge on any atom is 0.179 e. The summed E-state index contributed by atoms with van der Waals surface area (Å²) in [4.78, 5) is 2.21. The van der Waals surface area contributed by atoms with Crippen LogP contribution in [0.4, 0.5) is 47.3 Å². The van der Waals surface area contributed by atoms with Crippen molar-refractivity contribution in [2.24, 2.45) is 0 Å². The largest absolute Gasteiger partial charge is 0.399 e. The quantitative estimate of drug-likeness (QED) is 0.0523. The number of nitrogen functional groups attached to an aromatic ring is 1. The average molecular weight is 1600 g/mol. The molecule has 0 aliphatic heterocycles. The summed E-state index contributed by atoms with van der Waals surface area (Å²) in [6.45, 7) is 0. The normalized spacial score (nSPS) is 11.2. The Bertz CT molecular complexity index is 6540. The molecule has 0 bridgehead atoms. The van der Waals surface area contributed by atoms with E-state index in [0.29, 0.717) is 5.69 Å². The molecular formula is C102H76F3IN6Si. The third-order valence-corrected chi connectivity index (χ3v) is 26.2. The van der Waals surface area contributed by atoms with E-state index >= 15 is 0 Å². The maximum atomic E-state index is 14.3. The van der Waals surface area contributed by atoms with Crippen molar-refractivity contribution >= 4 is 151 Å². The lowest BCUT2D eigenvalue weighted by Gasteiger charge is -2.34. The Hall–Kier alpha value is -13.7. The maximum absolute atomic E-state index is 14.3. The van der Waals surface area contributed by atoms with Crippen molar-refractivity contribution < 1.29 is 14.6 Å². The Kier molecular flexibility index (Phi) is 20.7. The van der Waals surface area contributed by atoms with E-state index in [0.717, 1.165) is 72.9 Å². The van der Waals surface area contributed by atoms with Gasteiger partial charge in [0.25, 0.3) is 0 Å². The summed E-state index contributed by atoms with van der Waals surface area (Å²) >= 11 is 2.38. The van der Waals surface area contributed by atoms with Crippen molar-refractivity contribution in [2.45, 2.75) is 0 Å². The molecule has 0 unspecified atom stereocenters. The number of nitrogens with zero attached hydrogens (tertiary/aromatic N) is 4. The Morgan fingerprint density at radius 1 is 0.265 bits per heavy atom. The summed E-state index contributed by atoms with van der Waals surface area (Å²) in [6.07, 6.45) is 0. The Morgan fingerprint density at radius 2 is 0.566 bits per heavy atom. The van der Waals surface area contributed by atoms with Crippen LogP contribution in [0.1, 0.15) is 1.43 Å². The van der Waals surface area contributed by atoms with Crippen LogP contribution in [-0.2, 0) is 0 Å². The molecule has 11 heteroatoms. The summed E-state index contributed by atoms with van der Waals surface area (Å²) in [7, 11) is -2.62. The first-order chi connectivity index (χ1) is 55.6. The first kappa shape index (κ1) is 72.2. The van der Waals surface area contributed by atoms with Gasteiger partial charge >= 0.3 is 0 Å². The van der Waals surface area contributed by atoms with Crippen LogP contribution in [0.5, 0.6) is 0 Å². The lowest BCUT2D eigenvalue weighted by atomic mass is 10.0. The SMILES string of the molecule is Fc1ccc(N(c2ccc(-c3ccc([Si](c4ccccc4)(c4ccccc4)c4ccccc4)cc3)cc2)c2ccc3c(c2)c2ccccc2n3-c2ccccc2)cc1.Fc1ccc(Nc2ccc3c(c2)c2ccccc2n3-c2ccccc2)cc1.Ic1ccc2c(c1)c1ccccc1n2-c1ccccc1.Nc1ccc(F)cc1.[2HH]. The van der Waals surface area contributed by atoms with Crippen LogP contribution >= 0.6 is 22.6 Å². The molecule has 0 saturated heterocycles. The second-order valence-corrected chi connectivity index (χ2v) is 32.7. The molecule has 546 valence electrons. The molecule has 0 fully saturated rings. The number of para-hydroxylation sites is 6. The number of halogens is 4. The van der Waals surface area contributed by atoms with Crippen molar-refractivity contribution in [3.63, 3.8) is 0 Å². The molecule has 0 aliphatic rings. The van der Waals surface area contributed by atoms with Crippen molar-refractivity contribution in [1.29, 1.82) is 0 Å². The number of hydrogen-bond acceptors (Lipinski definition) is 3. The van der Waals surface area contributed by atoms with E-state index in [4.69, 9.17) is 5.73 Å². The predicted molar refractivity (Wildman–Crippen MR) is 481 cm³/mol. The van der Waals surface area contributed by atoms with Crippen LogP contribution in [0.25, 0.3) is 93.6 Å². The average Bonchev–Trinajstić information content (AvgIpc) is 1.08. The van der Waals surface area contributed by atoms with Crippen molar-refractivity contribution in [3.05, 3.63) is 452 Å². The van der Waals surface area contributed by atoms with Gasteiger partial charge in [0.05, 0.1) is 33.1 Å².